The van der Waals surface area contributed by atoms with E-state index in [1.54, 1.807) is 0 Å². The number of ether oxygens (including phenoxy) is 2. The Balaban J connectivity index is 0.00000242. The van der Waals surface area contributed by atoms with Gasteiger partial charge in [0, 0.05) is 43.7 Å². The molecule has 6 nitrogen and oxygen atoms in total. The molecule has 2 N–H and O–H groups in total. The molecule has 1 aliphatic carbocycles. The fraction of sp³-hybridized carbons (Fsp3) is 0.424. The maximum atomic E-state index is 11.9. The van der Waals surface area contributed by atoms with Crippen molar-refractivity contribution in [2.24, 2.45) is 11.8 Å². The molecular weight excluding hydrogens is 595 g/mol. The average molecular weight is 636 g/mol. The number of likely N-dealkylation sites (tertiary alicyclic amines) is 1. The number of fused-ring (bicyclic) bond motifs is 1. The van der Waals surface area contributed by atoms with Crippen LogP contribution >= 0.6 is 36.4 Å². The molecule has 4 atom stereocenters. The fourth-order valence-electron chi connectivity index (χ4n) is 5.54. The molecule has 42 heavy (non-hydrogen) atoms. The summed E-state index contributed by atoms with van der Waals surface area (Å²) < 4.78 is 11.8. The van der Waals surface area contributed by atoms with Crippen LogP contribution in [0.4, 0.5) is 0 Å². The van der Waals surface area contributed by atoms with Gasteiger partial charge in [0.1, 0.15) is 18.1 Å². The number of rotatable bonds is 12. The summed E-state index contributed by atoms with van der Waals surface area (Å²) in [6.45, 7) is 11.1. The van der Waals surface area contributed by atoms with Gasteiger partial charge in [-0.15, -0.1) is 24.8 Å². The van der Waals surface area contributed by atoms with Crippen molar-refractivity contribution in [3.05, 3.63) is 94.5 Å². The molecule has 1 aliphatic heterocycles. The minimum Gasteiger partial charge on any atom is -0.492 e. The second kappa shape index (κ2) is 14.8. The van der Waals surface area contributed by atoms with E-state index >= 15 is 0 Å². The smallest absolute Gasteiger partial charge is 0.345 e. The predicted octanol–water partition coefficient (Wildman–Crippen LogP) is 6.65. The largest absolute Gasteiger partial charge is 0.492 e. The van der Waals surface area contributed by atoms with Crippen LogP contribution in [0, 0.1) is 11.8 Å². The maximum absolute atomic E-state index is 11.9. The van der Waals surface area contributed by atoms with Crippen LogP contribution in [0.25, 0.3) is 0 Å². The van der Waals surface area contributed by atoms with E-state index in [1.807, 2.05) is 60.7 Å². The highest BCUT2D eigenvalue weighted by atomic mass is 35.5. The lowest BCUT2D eigenvalue weighted by molar-refractivity contribution is -0.145. The molecule has 1 saturated heterocycles. The molecule has 228 valence electrons. The number of aliphatic carboxylic acids is 1. The van der Waals surface area contributed by atoms with E-state index in [-0.39, 0.29) is 36.6 Å². The number of piperidine rings is 1. The van der Waals surface area contributed by atoms with E-state index in [0.29, 0.717) is 18.4 Å². The monoisotopic (exact) mass is 634 g/mol. The van der Waals surface area contributed by atoms with Crippen LogP contribution in [0.5, 0.6) is 11.5 Å². The average Bonchev–Trinajstić information content (AvgIpc) is 3.38. The van der Waals surface area contributed by atoms with Crippen molar-refractivity contribution >= 4 is 42.4 Å². The van der Waals surface area contributed by atoms with E-state index in [9.17, 15) is 9.90 Å². The highest BCUT2D eigenvalue weighted by Gasteiger charge is 2.55. The van der Waals surface area contributed by atoms with E-state index < -0.39 is 12.1 Å². The van der Waals surface area contributed by atoms with Gasteiger partial charge in [-0.25, -0.2) is 4.79 Å². The van der Waals surface area contributed by atoms with Crippen molar-refractivity contribution < 1.29 is 19.4 Å². The third-order valence-corrected chi connectivity index (χ3v) is 8.27. The molecule has 2 aliphatic rings. The van der Waals surface area contributed by atoms with E-state index in [2.05, 4.69) is 43.1 Å². The standard InChI is InChI=1S/C33H39ClN2O4.2ClH/c1-33(2,3)24-8-14-27(15-9-24)40-30(32(37)38)18-22-6-12-26(13-7-22)39-17-16-36-20-28-29(21-36)31(28)35-19-23-4-10-25(34)11-5-23;;/h4-15,28-31,35H,16-21H2,1-3H3,(H,37,38);2*1H/t28-,29?,30-,31?;;/m0../s1. The summed E-state index contributed by atoms with van der Waals surface area (Å²) >= 11 is 5.97. The minimum atomic E-state index is -0.980. The highest BCUT2D eigenvalue weighted by Crippen LogP contribution is 2.45. The zero-order chi connectivity index (χ0) is 28.3. The van der Waals surface area contributed by atoms with Crippen molar-refractivity contribution in [3.8, 4) is 11.5 Å². The summed E-state index contributed by atoms with van der Waals surface area (Å²) in [5.74, 6) is 1.83. The van der Waals surface area contributed by atoms with Gasteiger partial charge in [0.2, 0.25) is 0 Å². The Kier molecular flexibility index (Phi) is 12.0. The highest BCUT2D eigenvalue weighted by molar-refractivity contribution is 6.30. The van der Waals surface area contributed by atoms with Crippen molar-refractivity contribution in [2.45, 2.75) is 51.3 Å². The van der Waals surface area contributed by atoms with Crippen LogP contribution in [0.2, 0.25) is 5.02 Å². The Morgan fingerprint density at radius 3 is 2.07 bits per heavy atom. The van der Waals surface area contributed by atoms with Crippen LogP contribution < -0.4 is 14.8 Å². The summed E-state index contributed by atoms with van der Waals surface area (Å²) in [6.07, 6.45) is -0.682. The van der Waals surface area contributed by atoms with Crippen molar-refractivity contribution in [2.75, 3.05) is 26.2 Å². The van der Waals surface area contributed by atoms with Gasteiger partial charge in [-0.1, -0.05) is 68.8 Å². The number of benzene rings is 3. The third-order valence-electron chi connectivity index (χ3n) is 8.02. The van der Waals surface area contributed by atoms with Crippen LogP contribution in [-0.2, 0) is 23.2 Å². The molecule has 2 unspecified atom stereocenters. The fourth-order valence-corrected chi connectivity index (χ4v) is 5.67. The first kappa shape index (κ1) is 34.0. The number of hydrogen-bond donors (Lipinski definition) is 2. The zero-order valence-electron chi connectivity index (χ0n) is 24.3. The van der Waals surface area contributed by atoms with Crippen LogP contribution in [0.1, 0.15) is 37.5 Å². The number of carboxylic acid groups (broad SMARTS) is 1. The quantitative estimate of drug-likeness (QED) is 0.232. The number of carbonyl (C=O) groups is 1. The number of halogens is 3. The van der Waals surface area contributed by atoms with Gasteiger partial charge in [-0.2, -0.15) is 0 Å². The first-order valence-corrected chi connectivity index (χ1v) is 14.5. The molecule has 0 aromatic heterocycles. The molecule has 0 spiro atoms. The van der Waals surface area contributed by atoms with E-state index in [1.165, 1.54) is 11.1 Å². The lowest BCUT2D eigenvalue weighted by atomic mass is 9.87. The summed E-state index contributed by atoms with van der Waals surface area (Å²) in [7, 11) is 0. The Labute approximate surface area is 266 Å². The van der Waals surface area contributed by atoms with Gasteiger partial charge in [0.25, 0.3) is 0 Å². The first-order valence-electron chi connectivity index (χ1n) is 14.1. The second-order valence-electron chi connectivity index (χ2n) is 12.0. The van der Waals surface area contributed by atoms with E-state index in [4.69, 9.17) is 21.1 Å². The third kappa shape index (κ3) is 9.01. The molecule has 9 heteroatoms. The number of hydrogen-bond acceptors (Lipinski definition) is 5. The summed E-state index contributed by atoms with van der Waals surface area (Å²) in [4.78, 5) is 14.3. The molecule has 2 fully saturated rings. The summed E-state index contributed by atoms with van der Waals surface area (Å²) in [6, 6.07) is 24.0. The number of carboxylic acids is 1. The summed E-state index contributed by atoms with van der Waals surface area (Å²) in [5, 5.41) is 14.2. The van der Waals surface area contributed by atoms with Gasteiger partial charge in [0.15, 0.2) is 6.10 Å². The van der Waals surface area contributed by atoms with Gasteiger partial charge >= 0.3 is 5.97 Å². The maximum Gasteiger partial charge on any atom is 0.345 e. The summed E-state index contributed by atoms with van der Waals surface area (Å²) in [5.41, 5.74) is 3.36. The second-order valence-corrected chi connectivity index (χ2v) is 12.5. The van der Waals surface area contributed by atoms with Crippen molar-refractivity contribution in [3.63, 3.8) is 0 Å². The van der Waals surface area contributed by atoms with Gasteiger partial charge in [-0.05, 0) is 70.3 Å². The molecule has 1 heterocycles. The van der Waals surface area contributed by atoms with Crippen LogP contribution in [-0.4, -0.2) is 54.4 Å². The molecular formula is C33H41Cl3N2O4. The number of nitrogens with zero attached hydrogens (tertiary/aromatic N) is 1. The lowest BCUT2D eigenvalue weighted by Crippen LogP contribution is -2.33. The Hall–Kier alpha value is -2.48. The molecule has 0 radical (unpaired) electrons. The number of nitrogens with one attached hydrogen (secondary N) is 1. The molecule has 3 aromatic rings. The van der Waals surface area contributed by atoms with Gasteiger partial charge in [0.05, 0.1) is 0 Å². The van der Waals surface area contributed by atoms with Crippen LogP contribution in [0.3, 0.4) is 0 Å². The predicted molar refractivity (Wildman–Crippen MR) is 173 cm³/mol. The van der Waals surface area contributed by atoms with Gasteiger partial charge < -0.3 is 19.9 Å². The molecule has 0 bridgehead atoms. The molecule has 1 saturated carbocycles. The normalized spacial score (nSPS) is 20.0. The molecule has 5 rings (SSSR count). The Morgan fingerprint density at radius 1 is 0.929 bits per heavy atom. The minimum absolute atomic E-state index is 0. The zero-order valence-corrected chi connectivity index (χ0v) is 26.7. The first-order chi connectivity index (χ1) is 19.2. The Bertz CT molecular complexity index is 1270. The topological polar surface area (TPSA) is 71.0 Å². The van der Waals surface area contributed by atoms with Gasteiger partial charge in [-0.3, -0.25) is 4.90 Å². The lowest BCUT2D eigenvalue weighted by Gasteiger charge is -2.20. The SMILES string of the molecule is CC(C)(C)c1ccc(O[C@@H](Cc2ccc(OCCN3CC4C(NCc5ccc(Cl)cc5)[C@H]4C3)cc2)C(=O)O)cc1.Cl.Cl. The van der Waals surface area contributed by atoms with Crippen molar-refractivity contribution in [1.29, 1.82) is 0 Å². The van der Waals surface area contributed by atoms with E-state index in [0.717, 1.165) is 54.4 Å². The Morgan fingerprint density at radius 2 is 1.50 bits per heavy atom. The molecule has 3 aromatic carbocycles. The molecule has 0 amide bonds. The van der Waals surface area contributed by atoms with Crippen LogP contribution in [0.15, 0.2) is 72.8 Å². The van der Waals surface area contributed by atoms with Crippen molar-refractivity contribution in [1.82, 2.24) is 10.2 Å².